The fourth-order valence-corrected chi connectivity index (χ4v) is 2.38. The SMILES string of the molecule is CN1C(=O)CO[C@@H]2[C@H](OC(=O)c3ccccc3)CO[C@@H]21. The van der Waals surface area contributed by atoms with Gasteiger partial charge in [-0.05, 0) is 12.1 Å². The van der Waals surface area contributed by atoms with Gasteiger partial charge in [-0.2, -0.15) is 0 Å². The molecule has 6 nitrogen and oxygen atoms in total. The van der Waals surface area contributed by atoms with Gasteiger partial charge >= 0.3 is 5.97 Å². The maximum absolute atomic E-state index is 12.0. The molecule has 0 radical (unpaired) electrons. The minimum atomic E-state index is -0.497. The lowest BCUT2D eigenvalue weighted by Gasteiger charge is -2.34. The second-order valence-corrected chi connectivity index (χ2v) is 4.81. The summed E-state index contributed by atoms with van der Waals surface area (Å²) in [6.45, 7) is 0.214. The molecule has 0 unspecified atom stereocenters. The number of morpholine rings is 1. The number of amides is 1. The van der Waals surface area contributed by atoms with Gasteiger partial charge in [0.15, 0.2) is 12.3 Å². The van der Waals surface area contributed by atoms with Gasteiger partial charge < -0.3 is 19.1 Å². The van der Waals surface area contributed by atoms with E-state index in [4.69, 9.17) is 14.2 Å². The average Bonchev–Trinajstić information content (AvgIpc) is 2.87. The van der Waals surface area contributed by atoms with Crippen molar-refractivity contribution < 1.29 is 23.8 Å². The van der Waals surface area contributed by atoms with Crippen LogP contribution in [0.5, 0.6) is 0 Å². The van der Waals surface area contributed by atoms with Crippen LogP contribution in [0.3, 0.4) is 0 Å². The summed E-state index contributed by atoms with van der Waals surface area (Å²) in [7, 11) is 1.66. The van der Waals surface area contributed by atoms with E-state index >= 15 is 0 Å². The van der Waals surface area contributed by atoms with Crippen LogP contribution in [0.15, 0.2) is 30.3 Å². The Kier molecular flexibility index (Phi) is 3.42. The highest BCUT2D eigenvalue weighted by Crippen LogP contribution is 2.26. The summed E-state index contributed by atoms with van der Waals surface area (Å²) in [6.07, 6.45) is -1.40. The Balaban J connectivity index is 1.68. The van der Waals surface area contributed by atoms with Crippen LogP contribution in [-0.2, 0) is 19.0 Å². The molecule has 0 aromatic heterocycles. The Morgan fingerprint density at radius 2 is 2.05 bits per heavy atom. The highest BCUT2D eigenvalue weighted by Gasteiger charge is 2.47. The number of fused-ring (bicyclic) bond motifs is 1. The predicted molar refractivity (Wildman–Crippen MR) is 67.9 cm³/mol. The van der Waals surface area contributed by atoms with E-state index in [0.29, 0.717) is 5.56 Å². The number of ether oxygens (including phenoxy) is 3. The van der Waals surface area contributed by atoms with Crippen LogP contribution in [0, 0.1) is 0 Å². The highest BCUT2D eigenvalue weighted by molar-refractivity contribution is 5.89. The van der Waals surface area contributed by atoms with Gasteiger partial charge in [0, 0.05) is 7.05 Å². The van der Waals surface area contributed by atoms with Crippen molar-refractivity contribution in [2.75, 3.05) is 20.3 Å². The number of carbonyl (C=O) groups excluding carboxylic acids is 2. The van der Waals surface area contributed by atoms with Gasteiger partial charge in [0.25, 0.3) is 0 Å². The molecular formula is C14H15NO5. The van der Waals surface area contributed by atoms with E-state index in [9.17, 15) is 9.59 Å². The maximum Gasteiger partial charge on any atom is 0.338 e. The molecule has 1 aromatic carbocycles. The standard InChI is InChI=1S/C14H15NO5/c1-15-11(16)8-18-12-10(7-19-13(12)15)20-14(17)9-5-3-2-4-6-9/h2-6,10,12-13H,7-8H2,1H3/t10-,12-,13+/m1/s1. The summed E-state index contributed by atoms with van der Waals surface area (Å²) >= 11 is 0. The second kappa shape index (κ2) is 5.22. The van der Waals surface area contributed by atoms with E-state index in [2.05, 4.69) is 0 Å². The Morgan fingerprint density at radius 1 is 1.30 bits per heavy atom. The van der Waals surface area contributed by atoms with Crippen LogP contribution in [-0.4, -0.2) is 55.5 Å². The number of nitrogens with zero attached hydrogens (tertiary/aromatic N) is 1. The Hall–Kier alpha value is -1.92. The van der Waals surface area contributed by atoms with Gasteiger partial charge in [-0.1, -0.05) is 18.2 Å². The Morgan fingerprint density at radius 3 is 2.80 bits per heavy atom. The van der Waals surface area contributed by atoms with Gasteiger partial charge in [-0.3, -0.25) is 4.79 Å². The zero-order valence-corrected chi connectivity index (χ0v) is 11.0. The number of likely N-dealkylation sites (N-methyl/N-ethyl adjacent to an activating group) is 1. The first kappa shape index (κ1) is 13.1. The highest BCUT2D eigenvalue weighted by atomic mass is 16.6. The number of esters is 1. The fourth-order valence-electron chi connectivity index (χ4n) is 2.38. The molecule has 0 aliphatic carbocycles. The molecular weight excluding hydrogens is 262 g/mol. The van der Waals surface area contributed by atoms with Crippen LogP contribution in [0.1, 0.15) is 10.4 Å². The van der Waals surface area contributed by atoms with E-state index in [0.717, 1.165) is 0 Å². The van der Waals surface area contributed by atoms with Crippen LogP contribution < -0.4 is 0 Å². The first-order valence-electron chi connectivity index (χ1n) is 6.42. The van der Waals surface area contributed by atoms with Crippen LogP contribution in [0.25, 0.3) is 0 Å². The van der Waals surface area contributed by atoms with Crippen molar-refractivity contribution in [3.05, 3.63) is 35.9 Å². The quantitative estimate of drug-likeness (QED) is 0.733. The normalized spacial score (nSPS) is 29.1. The number of carbonyl (C=O) groups is 2. The monoisotopic (exact) mass is 277 g/mol. The number of hydrogen-bond donors (Lipinski definition) is 0. The zero-order chi connectivity index (χ0) is 14.1. The zero-order valence-electron chi connectivity index (χ0n) is 11.0. The lowest BCUT2D eigenvalue weighted by molar-refractivity contribution is -0.174. The van der Waals surface area contributed by atoms with Crippen LogP contribution in [0.4, 0.5) is 0 Å². The van der Waals surface area contributed by atoms with E-state index in [-0.39, 0.29) is 19.1 Å². The third kappa shape index (κ3) is 2.28. The molecule has 2 saturated heterocycles. The first-order chi connectivity index (χ1) is 9.66. The summed E-state index contributed by atoms with van der Waals surface area (Å²) in [5.41, 5.74) is 0.483. The molecule has 2 heterocycles. The first-order valence-corrected chi connectivity index (χ1v) is 6.42. The second-order valence-electron chi connectivity index (χ2n) is 4.81. The molecule has 3 atom stereocenters. The molecule has 6 heteroatoms. The third-order valence-corrected chi connectivity index (χ3v) is 3.52. The summed E-state index contributed by atoms with van der Waals surface area (Å²) in [5, 5.41) is 0. The van der Waals surface area contributed by atoms with Crippen molar-refractivity contribution in [1.29, 1.82) is 0 Å². The van der Waals surface area contributed by atoms with Gasteiger partial charge in [0.2, 0.25) is 5.91 Å². The lowest BCUT2D eigenvalue weighted by Crippen LogP contribution is -2.53. The fraction of sp³-hybridized carbons (Fsp3) is 0.429. The van der Waals surface area contributed by atoms with Gasteiger partial charge in [-0.25, -0.2) is 4.79 Å². The number of benzene rings is 1. The van der Waals surface area contributed by atoms with Crippen molar-refractivity contribution in [2.24, 2.45) is 0 Å². The minimum Gasteiger partial charge on any atom is -0.453 e. The molecule has 0 saturated carbocycles. The van der Waals surface area contributed by atoms with E-state index in [1.165, 1.54) is 4.90 Å². The molecule has 106 valence electrons. The molecule has 2 aliphatic heterocycles. The minimum absolute atomic E-state index is 0.0135. The molecule has 2 aliphatic rings. The summed E-state index contributed by atoms with van der Waals surface area (Å²) < 4.78 is 16.4. The number of hydrogen-bond acceptors (Lipinski definition) is 5. The van der Waals surface area contributed by atoms with Gasteiger partial charge in [0.05, 0.1) is 12.2 Å². The van der Waals surface area contributed by atoms with Crippen molar-refractivity contribution in [3.63, 3.8) is 0 Å². The van der Waals surface area contributed by atoms with Crippen molar-refractivity contribution in [1.82, 2.24) is 4.90 Å². The van der Waals surface area contributed by atoms with Gasteiger partial charge in [0.1, 0.15) is 12.7 Å². The molecule has 3 rings (SSSR count). The van der Waals surface area contributed by atoms with Crippen molar-refractivity contribution >= 4 is 11.9 Å². The van der Waals surface area contributed by atoms with Crippen LogP contribution in [0.2, 0.25) is 0 Å². The Labute approximate surface area is 116 Å². The third-order valence-electron chi connectivity index (χ3n) is 3.52. The summed E-state index contributed by atoms with van der Waals surface area (Å²) in [6, 6.07) is 8.75. The molecule has 0 N–H and O–H groups in total. The summed E-state index contributed by atoms with van der Waals surface area (Å²) in [4.78, 5) is 25.0. The Bertz CT molecular complexity index is 518. The summed E-state index contributed by atoms with van der Waals surface area (Å²) in [5.74, 6) is -0.552. The van der Waals surface area contributed by atoms with E-state index in [1.54, 1.807) is 31.3 Å². The predicted octanol–water partition coefficient (Wildman–Crippen LogP) is 0.425. The largest absolute Gasteiger partial charge is 0.453 e. The van der Waals surface area contributed by atoms with Crippen molar-refractivity contribution in [2.45, 2.75) is 18.4 Å². The topological polar surface area (TPSA) is 65.1 Å². The molecule has 20 heavy (non-hydrogen) atoms. The maximum atomic E-state index is 12.0. The van der Waals surface area contributed by atoms with E-state index < -0.39 is 24.4 Å². The molecule has 1 aromatic rings. The average molecular weight is 277 g/mol. The van der Waals surface area contributed by atoms with Crippen LogP contribution >= 0.6 is 0 Å². The van der Waals surface area contributed by atoms with E-state index in [1.807, 2.05) is 6.07 Å². The smallest absolute Gasteiger partial charge is 0.338 e. The lowest BCUT2D eigenvalue weighted by atomic mass is 10.1. The molecule has 0 bridgehead atoms. The van der Waals surface area contributed by atoms with Crippen molar-refractivity contribution in [3.8, 4) is 0 Å². The number of rotatable bonds is 2. The van der Waals surface area contributed by atoms with Gasteiger partial charge in [-0.15, -0.1) is 0 Å². The molecule has 0 spiro atoms. The molecule has 2 fully saturated rings. The molecule has 1 amide bonds.